The molecular weight excluding hydrogens is 308 g/mol. The van der Waals surface area contributed by atoms with Gasteiger partial charge in [-0.05, 0) is 18.2 Å². The van der Waals surface area contributed by atoms with Gasteiger partial charge in [-0.1, -0.05) is 11.6 Å². The molecule has 108 valence electrons. The number of aromatic nitrogens is 1. The topological polar surface area (TPSA) is 85.1 Å². The molecule has 1 heterocycles. The highest BCUT2D eigenvalue weighted by Crippen LogP contribution is 2.27. The molecule has 0 unspecified atom stereocenters. The molecule has 1 aromatic carbocycles. The van der Waals surface area contributed by atoms with Gasteiger partial charge in [0.25, 0.3) is 5.91 Å². The molecular formula is C12H6ClF2N3O3. The Hall–Kier alpha value is -2.61. The summed E-state index contributed by atoms with van der Waals surface area (Å²) in [6.45, 7) is 0. The van der Waals surface area contributed by atoms with Gasteiger partial charge in [0.1, 0.15) is 17.2 Å². The molecule has 2 aromatic rings. The number of rotatable bonds is 3. The number of nitro groups is 1. The van der Waals surface area contributed by atoms with Gasteiger partial charge in [0, 0.05) is 12.3 Å². The van der Waals surface area contributed by atoms with Gasteiger partial charge in [-0.3, -0.25) is 14.9 Å². The molecule has 0 fully saturated rings. The molecule has 1 aromatic heterocycles. The molecule has 0 aliphatic heterocycles. The third-order valence-corrected chi connectivity index (χ3v) is 2.76. The Kier molecular flexibility index (Phi) is 4.08. The lowest BCUT2D eigenvalue weighted by atomic mass is 10.2. The minimum absolute atomic E-state index is 0.413. The summed E-state index contributed by atoms with van der Waals surface area (Å²) in [7, 11) is 0. The highest BCUT2D eigenvalue weighted by Gasteiger charge is 2.25. The van der Waals surface area contributed by atoms with Crippen molar-refractivity contribution in [3.8, 4) is 0 Å². The average molecular weight is 314 g/mol. The van der Waals surface area contributed by atoms with Gasteiger partial charge in [-0.2, -0.15) is 0 Å². The second kappa shape index (κ2) is 5.80. The Labute approximate surface area is 121 Å². The van der Waals surface area contributed by atoms with Crippen molar-refractivity contribution in [1.82, 2.24) is 4.98 Å². The molecule has 2 rings (SSSR count). The molecule has 0 bridgehead atoms. The number of hydrogen-bond donors (Lipinski definition) is 1. The fourth-order valence-electron chi connectivity index (χ4n) is 1.57. The van der Waals surface area contributed by atoms with E-state index in [1.807, 2.05) is 5.32 Å². The maximum atomic E-state index is 13.4. The van der Waals surface area contributed by atoms with Crippen LogP contribution in [0.25, 0.3) is 0 Å². The number of halogens is 3. The van der Waals surface area contributed by atoms with Crippen LogP contribution in [-0.2, 0) is 0 Å². The number of amides is 1. The van der Waals surface area contributed by atoms with Crippen LogP contribution in [0.2, 0.25) is 5.15 Å². The summed E-state index contributed by atoms with van der Waals surface area (Å²) >= 11 is 5.56. The number of nitrogens with one attached hydrogen (secondary N) is 1. The van der Waals surface area contributed by atoms with Crippen molar-refractivity contribution < 1.29 is 18.5 Å². The number of anilines is 1. The van der Waals surface area contributed by atoms with Crippen molar-refractivity contribution in [2.24, 2.45) is 0 Å². The first kappa shape index (κ1) is 14.8. The fourth-order valence-corrected chi connectivity index (χ4v) is 1.80. The van der Waals surface area contributed by atoms with E-state index in [0.717, 1.165) is 30.5 Å². The lowest BCUT2D eigenvalue weighted by Crippen LogP contribution is -2.15. The van der Waals surface area contributed by atoms with Crippen LogP contribution in [0.4, 0.5) is 20.2 Å². The van der Waals surface area contributed by atoms with Gasteiger partial charge >= 0.3 is 5.69 Å². The lowest BCUT2D eigenvalue weighted by Gasteiger charge is -2.07. The Bertz CT molecular complexity index is 740. The van der Waals surface area contributed by atoms with Gasteiger partial charge in [-0.15, -0.1) is 0 Å². The molecule has 0 radical (unpaired) electrons. The van der Waals surface area contributed by atoms with Gasteiger partial charge in [-0.25, -0.2) is 13.8 Å². The monoisotopic (exact) mass is 313 g/mol. The van der Waals surface area contributed by atoms with E-state index < -0.39 is 44.6 Å². The van der Waals surface area contributed by atoms with E-state index in [-0.39, 0.29) is 0 Å². The lowest BCUT2D eigenvalue weighted by molar-refractivity contribution is -0.385. The van der Waals surface area contributed by atoms with Crippen LogP contribution in [0.15, 0.2) is 30.5 Å². The quantitative estimate of drug-likeness (QED) is 0.536. The molecule has 0 saturated heterocycles. The summed E-state index contributed by atoms with van der Waals surface area (Å²) in [5, 5.41) is 12.5. The van der Waals surface area contributed by atoms with E-state index in [0.29, 0.717) is 0 Å². The Balaban J connectivity index is 2.40. The zero-order valence-corrected chi connectivity index (χ0v) is 10.9. The highest BCUT2D eigenvalue weighted by molar-refractivity contribution is 6.32. The largest absolute Gasteiger partial charge is 0.319 e. The van der Waals surface area contributed by atoms with E-state index in [2.05, 4.69) is 4.98 Å². The van der Waals surface area contributed by atoms with Crippen molar-refractivity contribution in [2.45, 2.75) is 0 Å². The number of nitrogens with zero attached hydrogens (tertiary/aromatic N) is 2. The van der Waals surface area contributed by atoms with Crippen molar-refractivity contribution in [1.29, 1.82) is 0 Å². The summed E-state index contributed by atoms with van der Waals surface area (Å²) in [6, 6.07) is 3.49. The molecule has 0 aliphatic carbocycles. The number of pyridine rings is 1. The van der Waals surface area contributed by atoms with Crippen molar-refractivity contribution in [3.05, 3.63) is 62.9 Å². The van der Waals surface area contributed by atoms with Crippen LogP contribution in [0.1, 0.15) is 10.4 Å². The first-order chi connectivity index (χ1) is 9.90. The van der Waals surface area contributed by atoms with Crippen molar-refractivity contribution in [3.63, 3.8) is 0 Å². The predicted molar refractivity (Wildman–Crippen MR) is 70.2 cm³/mol. The number of carbonyl (C=O) groups excluding carboxylic acids is 1. The second-order valence-electron chi connectivity index (χ2n) is 3.83. The van der Waals surface area contributed by atoms with E-state index in [1.165, 1.54) is 0 Å². The number of hydrogen-bond acceptors (Lipinski definition) is 4. The summed E-state index contributed by atoms with van der Waals surface area (Å²) in [5.74, 6) is -2.66. The van der Waals surface area contributed by atoms with Gasteiger partial charge in [0.2, 0.25) is 5.15 Å². The van der Waals surface area contributed by atoms with Crippen LogP contribution in [-0.4, -0.2) is 15.8 Å². The van der Waals surface area contributed by atoms with E-state index in [1.54, 1.807) is 0 Å². The molecule has 0 atom stereocenters. The first-order valence-corrected chi connectivity index (χ1v) is 5.83. The highest BCUT2D eigenvalue weighted by atomic mass is 35.5. The Morgan fingerprint density at radius 3 is 2.71 bits per heavy atom. The molecule has 0 saturated carbocycles. The average Bonchev–Trinajstić information content (AvgIpc) is 2.42. The SMILES string of the molecule is O=C(Nc1cc(F)ccc1F)c1ccnc(Cl)c1[N+](=O)[O-]. The summed E-state index contributed by atoms with van der Waals surface area (Å²) < 4.78 is 26.4. The third-order valence-electron chi connectivity index (χ3n) is 2.48. The fraction of sp³-hybridized carbons (Fsp3) is 0. The van der Waals surface area contributed by atoms with Gasteiger partial charge in [0.05, 0.1) is 10.6 Å². The Morgan fingerprint density at radius 1 is 1.33 bits per heavy atom. The van der Waals surface area contributed by atoms with Crippen LogP contribution < -0.4 is 5.32 Å². The number of benzene rings is 1. The van der Waals surface area contributed by atoms with Crippen LogP contribution in [0, 0.1) is 21.7 Å². The molecule has 21 heavy (non-hydrogen) atoms. The minimum Gasteiger partial charge on any atom is -0.319 e. The van der Waals surface area contributed by atoms with Crippen molar-refractivity contribution in [2.75, 3.05) is 5.32 Å². The van der Waals surface area contributed by atoms with Crippen molar-refractivity contribution >= 4 is 28.9 Å². The summed E-state index contributed by atoms with van der Waals surface area (Å²) in [4.78, 5) is 25.5. The molecule has 1 N–H and O–H groups in total. The number of carbonyl (C=O) groups is 1. The smallest absolute Gasteiger partial charge is 0.319 e. The van der Waals surface area contributed by atoms with Crippen LogP contribution in [0.5, 0.6) is 0 Å². The minimum atomic E-state index is -1.00. The third kappa shape index (κ3) is 3.11. The van der Waals surface area contributed by atoms with E-state index in [9.17, 15) is 23.7 Å². The summed E-state index contributed by atoms with van der Waals surface area (Å²) in [6.07, 6.45) is 1.09. The zero-order valence-electron chi connectivity index (χ0n) is 10.1. The van der Waals surface area contributed by atoms with Gasteiger partial charge < -0.3 is 5.32 Å². The van der Waals surface area contributed by atoms with Crippen LogP contribution >= 0.6 is 11.6 Å². The standard InChI is InChI=1S/C12H6ClF2N3O3/c13-11-10(18(20)21)7(3-4-16-11)12(19)17-9-5-6(14)1-2-8(9)15/h1-5H,(H,17,19). The van der Waals surface area contributed by atoms with E-state index >= 15 is 0 Å². The normalized spacial score (nSPS) is 10.2. The maximum absolute atomic E-state index is 13.4. The summed E-state index contributed by atoms with van der Waals surface area (Å²) in [5.41, 5.74) is -1.57. The molecule has 0 aliphatic rings. The second-order valence-corrected chi connectivity index (χ2v) is 4.19. The van der Waals surface area contributed by atoms with Crippen LogP contribution in [0.3, 0.4) is 0 Å². The molecule has 1 amide bonds. The predicted octanol–water partition coefficient (Wildman–Crippen LogP) is 3.17. The molecule has 6 nitrogen and oxygen atoms in total. The first-order valence-electron chi connectivity index (χ1n) is 5.45. The maximum Gasteiger partial charge on any atom is 0.319 e. The molecule has 9 heteroatoms. The Morgan fingerprint density at radius 2 is 2.05 bits per heavy atom. The van der Waals surface area contributed by atoms with Gasteiger partial charge in [0.15, 0.2) is 0 Å². The molecule has 0 spiro atoms. The van der Waals surface area contributed by atoms with E-state index in [4.69, 9.17) is 11.6 Å². The zero-order chi connectivity index (χ0) is 15.6.